The Morgan fingerprint density at radius 1 is 0.920 bits per heavy atom. The first-order valence-corrected chi connectivity index (χ1v) is 9.72. The maximum absolute atomic E-state index is 5.77. The highest BCUT2D eigenvalue weighted by molar-refractivity contribution is 6.31. The van der Waals surface area contributed by atoms with Crippen molar-refractivity contribution in [1.82, 2.24) is 5.53 Å². The van der Waals surface area contributed by atoms with Crippen LogP contribution in [-0.2, 0) is 0 Å². The van der Waals surface area contributed by atoms with Crippen LogP contribution >= 0.6 is 0 Å². The van der Waals surface area contributed by atoms with E-state index >= 15 is 0 Å². The summed E-state index contributed by atoms with van der Waals surface area (Å²) in [7, 11) is 0. The summed E-state index contributed by atoms with van der Waals surface area (Å²) in [6.45, 7) is 5.23. The second-order valence-corrected chi connectivity index (χ2v) is 6.47. The zero-order valence-corrected chi connectivity index (χ0v) is 15.7. The average Bonchev–Trinajstić information content (AvgIpc) is 2.66. The van der Waals surface area contributed by atoms with Crippen molar-refractivity contribution in [1.29, 1.82) is 0 Å². The third-order valence-electron chi connectivity index (χ3n) is 4.24. The Hall–Kier alpha value is -2.04. The first-order chi connectivity index (χ1) is 12.3. The predicted molar refractivity (Wildman–Crippen MR) is 106 cm³/mol. The van der Waals surface area contributed by atoms with E-state index in [1.54, 1.807) is 5.12 Å². The monoisotopic (exact) mass is 344 g/mol. The fraction of sp³-hybridized carbons (Fsp3) is 0.600. The van der Waals surface area contributed by atoms with Crippen molar-refractivity contribution in [3.63, 3.8) is 0 Å². The van der Waals surface area contributed by atoms with Gasteiger partial charge < -0.3 is 4.74 Å². The van der Waals surface area contributed by atoms with Gasteiger partial charge in [0.05, 0.1) is 24.2 Å². The Bertz CT molecular complexity index is 539. The first kappa shape index (κ1) is 19.3. The summed E-state index contributed by atoms with van der Waals surface area (Å²) in [6.07, 6.45) is 12.7. The van der Waals surface area contributed by atoms with Crippen molar-refractivity contribution in [2.24, 2.45) is 10.2 Å². The maximum Gasteiger partial charge on any atom is 0.119 e. The molecule has 5 nitrogen and oxygen atoms in total. The van der Waals surface area contributed by atoms with Gasteiger partial charge in [0.2, 0.25) is 0 Å². The van der Waals surface area contributed by atoms with Crippen LogP contribution in [0.1, 0.15) is 71.6 Å². The minimum atomic E-state index is 0.783. The number of benzene rings is 1. The van der Waals surface area contributed by atoms with E-state index in [1.165, 1.54) is 44.9 Å². The Kier molecular flexibility index (Phi) is 8.87. The molecule has 1 aromatic carbocycles. The van der Waals surface area contributed by atoms with Crippen molar-refractivity contribution < 1.29 is 4.74 Å². The number of unbranched alkanes of at least 4 members (excludes halogenated alkanes) is 6. The molecule has 0 saturated heterocycles. The molecule has 5 heteroatoms. The molecule has 1 aliphatic rings. The number of anilines is 1. The third-order valence-corrected chi connectivity index (χ3v) is 4.24. The van der Waals surface area contributed by atoms with Crippen molar-refractivity contribution in [2.45, 2.75) is 71.6 Å². The zero-order chi connectivity index (χ0) is 17.7. The van der Waals surface area contributed by atoms with E-state index in [4.69, 9.17) is 4.74 Å². The molecule has 1 aromatic rings. The summed E-state index contributed by atoms with van der Waals surface area (Å²) in [4.78, 5) is 0. The number of hydrazone groups is 2. The molecule has 1 N–H and O–H groups in total. The lowest BCUT2D eigenvalue weighted by Crippen LogP contribution is -2.34. The quantitative estimate of drug-likeness (QED) is 0.525. The molecule has 2 rings (SSSR count). The van der Waals surface area contributed by atoms with Crippen LogP contribution in [0.4, 0.5) is 5.69 Å². The first-order valence-electron chi connectivity index (χ1n) is 9.72. The van der Waals surface area contributed by atoms with Crippen LogP contribution in [0.3, 0.4) is 0 Å². The molecular weight excluding hydrogens is 312 g/mol. The summed E-state index contributed by atoms with van der Waals surface area (Å²) in [5, 5.41) is 10.5. The minimum Gasteiger partial charge on any atom is -0.494 e. The van der Waals surface area contributed by atoms with Crippen LogP contribution in [0.5, 0.6) is 5.75 Å². The zero-order valence-electron chi connectivity index (χ0n) is 15.7. The summed E-state index contributed by atoms with van der Waals surface area (Å²) in [6, 6.07) is 7.95. The molecule has 1 heterocycles. The molecule has 0 aliphatic carbocycles. The Morgan fingerprint density at radius 3 is 2.28 bits per heavy atom. The molecule has 138 valence electrons. The summed E-state index contributed by atoms with van der Waals surface area (Å²) >= 11 is 0. The standard InChI is InChI=1S/C20H32N4O/c1-3-5-7-9-11-18-17-21-24(23-22-18)19-12-14-20(15-13-19)25-16-10-8-6-4-2/h12-15,17,23H,3-11,16H2,1-2H3. The van der Waals surface area contributed by atoms with Crippen LogP contribution in [0, 0.1) is 0 Å². The van der Waals surface area contributed by atoms with Gasteiger partial charge in [0.1, 0.15) is 5.75 Å². The Morgan fingerprint density at radius 2 is 1.64 bits per heavy atom. The number of hydrogen-bond donors (Lipinski definition) is 1. The number of hydrogen-bond acceptors (Lipinski definition) is 5. The fourth-order valence-corrected chi connectivity index (χ4v) is 2.67. The van der Waals surface area contributed by atoms with Gasteiger partial charge in [-0.1, -0.05) is 52.4 Å². The fourth-order valence-electron chi connectivity index (χ4n) is 2.67. The lowest BCUT2D eigenvalue weighted by atomic mass is 10.1. The molecule has 1 aliphatic heterocycles. The minimum absolute atomic E-state index is 0.783. The number of nitrogens with one attached hydrogen (secondary N) is 1. The SMILES string of the molecule is CCCCCCOc1ccc(N2N=CC(CCCCCC)=NN2)cc1. The lowest BCUT2D eigenvalue weighted by Gasteiger charge is -2.21. The van der Waals surface area contributed by atoms with E-state index in [9.17, 15) is 0 Å². The van der Waals surface area contributed by atoms with Crippen molar-refractivity contribution in [3.05, 3.63) is 24.3 Å². The van der Waals surface area contributed by atoms with E-state index < -0.39 is 0 Å². The predicted octanol–water partition coefficient (Wildman–Crippen LogP) is 5.28. The molecule has 0 fully saturated rings. The number of nitrogens with zero attached hydrogens (tertiary/aromatic N) is 3. The van der Waals surface area contributed by atoms with Gasteiger partial charge in [0, 0.05) is 0 Å². The number of hydrazine groups is 1. The lowest BCUT2D eigenvalue weighted by molar-refractivity contribution is 0.305. The third kappa shape index (κ3) is 7.16. The molecule has 0 saturated carbocycles. The molecule has 0 unspecified atom stereocenters. The molecule has 25 heavy (non-hydrogen) atoms. The molecule has 0 bridgehead atoms. The van der Waals surface area contributed by atoms with Crippen LogP contribution in [-0.4, -0.2) is 18.5 Å². The highest BCUT2D eigenvalue weighted by Crippen LogP contribution is 2.20. The average molecular weight is 345 g/mol. The van der Waals surface area contributed by atoms with Gasteiger partial charge in [0.25, 0.3) is 0 Å². The second kappa shape index (κ2) is 11.5. The van der Waals surface area contributed by atoms with E-state index in [-0.39, 0.29) is 0 Å². The largest absolute Gasteiger partial charge is 0.494 e. The highest BCUT2D eigenvalue weighted by Gasteiger charge is 2.09. The molecule has 0 amide bonds. The molecule has 0 spiro atoms. The smallest absolute Gasteiger partial charge is 0.119 e. The second-order valence-electron chi connectivity index (χ2n) is 6.47. The molecule has 0 atom stereocenters. The van der Waals surface area contributed by atoms with E-state index in [2.05, 4.69) is 29.6 Å². The summed E-state index contributed by atoms with van der Waals surface area (Å²) in [5.74, 6) is 0.904. The maximum atomic E-state index is 5.77. The Balaban J connectivity index is 1.72. The highest BCUT2D eigenvalue weighted by atomic mass is 16.5. The van der Waals surface area contributed by atoms with Crippen molar-refractivity contribution in [3.8, 4) is 5.75 Å². The van der Waals surface area contributed by atoms with Gasteiger partial charge in [-0.3, -0.25) is 0 Å². The normalized spacial score (nSPS) is 13.5. The number of rotatable bonds is 12. The van der Waals surface area contributed by atoms with Crippen LogP contribution in [0.25, 0.3) is 0 Å². The number of ether oxygens (including phenoxy) is 1. The van der Waals surface area contributed by atoms with Crippen LogP contribution in [0.15, 0.2) is 34.5 Å². The van der Waals surface area contributed by atoms with Gasteiger partial charge in [-0.15, -0.1) is 0 Å². The van der Waals surface area contributed by atoms with Gasteiger partial charge in [-0.05, 0) is 43.5 Å². The van der Waals surface area contributed by atoms with Crippen LogP contribution < -0.4 is 15.4 Å². The molecular formula is C20H32N4O. The topological polar surface area (TPSA) is 49.2 Å². The van der Waals surface area contributed by atoms with Gasteiger partial charge in [0.15, 0.2) is 0 Å². The van der Waals surface area contributed by atoms with Gasteiger partial charge in [-0.25, -0.2) is 0 Å². The van der Waals surface area contributed by atoms with Crippen molar-refractivity contribution in [2.75, 3.05) is 11.7 Å². The van der Waals surface area contributed by atoms with E-state index in [0.29, 0.717) is 0 Å². The van der Waals surface area contributed by atoms with Crippen LogP contribution in [0.2, 0.25) is 0 Å². The summed E-state index contributed by atoms with van der Waals surface area (Å²) < 4.78 is 5.77. The van der Waals surface area contributed by atoms with E-state index in [0.717, 1.165) is 36.6 Å². The van der Waals surface area contributed by atoms with Gasteiger partial charge >= 0.3 is 0 Å². The van der Waals surface area contributed by atoms with Gasteiger partial charge in [-0.2, -0.15) is 20.9 Å². The molecule has 0 radical (unpaired) electrons. The molecule has 0 aromatic heterocycles. The summed E-state index contributed by atoms with van der Waals surface area (Å²) in [5.41, 5.74) is 4.96. The van der Waals surface area contributed by atoms with E-state index in [1.807, 2.05) is 30.5 Å². The Labute approximate surface area is 152 Å². The van der Waals surface area contributed by atoms with Crippen molar-refractivity contribution >= 4 is 17.6 Å².